The molecule has 2 aliphatic heterocycles. The second-order valence-electron chi connectivity index (χ2n) is 10.2. The second-order valence-corrected chi connectivity index (χ2v) is 12.2. The zero-order valence-corrected chi connectivity index (χ0v) is 25.4. The first-order chi connectivity index (χ1) is 21.5. The molecule has 1 N–H and O–H groups in total. The van der Waals surface area contributed by atoms with Crippen molar-refractivity contribution < 1.29 is 23.9 Å². The van der Waals surface area contributed by atoms with Gasteiger partial charge in [-0.05, 0) is 41.8 Å². The van der Waals surface area contributed by atoms with Crippen molar-refractivity contribution in [3.63, 3.8) is 0 Å². The Balaban J connectivity index is 1.26. The van der Waals surface area contributed by atoms with Gasteiger partial charge in [-0.15, -0.1) is 23.1 Å². The van der Waals surface area contributed by atoms with Gasteiger partial charge in [-0.3, -0.25) is 14.5 Å². The van der Waals surface area contributed by atoms with Gasteiger partial charge in [-0.1, -0.05) is 84.9 Å². The van der Waals surface area contributed by atoms with Gasteiger partial charge in [0, 0.05) is 10.6 Å². The Labute approximate surface area is 263 Å². The Morgan fingerprint density at radius 3 is 2.23 bits per heavy atom. The number of rotatable bonds is 10. The molecule has 3 heterocycles. The normalized spacial score (nSPS) is 17.8. The number of aromatic nitrogens is 1. The third kappa shape index (κ3) is 6.31. The lowest BCUT2D eigenvalue weighted by molar-refractivity contribution is -0.154. The number of thioether (sulfide) groups is 1. The standard InChI is InChI=1S/C34H29N3O5S2/c1-22-27(44-21-35-22)18-17-25-20-43-33-29(36-28(38)19-41-26-15-9-4-10-16-26)32(39)37(33)30(25)34(40)42-31(23-11-5-2-6-12-23)24-13-7-3-8-14-24/h2-18,21,29,31,33H,19-20H2,1H3,(H,36,38)/b18-17+/t29?,33-/m1/s1. The SMILES string of the molecule is Cc1ncsc1/C=C/C1=C(C(=O)OC(c2ccccc2)c2ccccc2)N2C(=O)C(NC(=O)COc3ccccc3)[C@H]2SC1. The molecule has 44 heavy (non-hydrogen) atoms. The Morgan fingerprint density at radius 2 is 1.61 bits per heavy atom. The number of benzene rings is 3. The van der Waals surface area contributed by atoms with E-state index in [2.05, 4.69) is 10.3 Å². The molecule has 222 valence electrons. The number of β-lactam (4-membered cyclic amide) rings is 1. The van der Waals surface area contributed by atoms with Gasteiger partial charge in [-0.25, -0.2) is 9.78 Å². The van der Waals surface area contributed by atoms with Crippen LogP contribution < -0.4 is 10.1 Å². The van der Waals surface area contributed by atoms with Crippen molar-refractivity contribution in [3.05, 3.63) is 136 Å². The number of fused-ring (bicyclic) bond motifs is 1. The predicted octanol–water partition coefficient (Wildman–Crippen LogP) is 5.53. The van der Waals surface area contributed by atoms with Crippen LogP contribution in [0.3, 0.4) is 0 Å². The zero-order chi connectivity index (χ0) is 30.5. The van der Waals surface area contributed by atoms with Gasteiger partial charge in [0.15, 0.2) is 12.7 Å². The molecule has 0 bridgehead atoms. The summed E-state index contributed by atoms with van der Waals surface area (Å²) in [5.74, 6) is -0.401. The molecule has 2 aliphatic rings. The molecule has 1 saturated heterocycles. The molecule has 2 atom stereocenters. The molecular formula is C34H29N3O5S2. The van der Waals surface area contributed by atoms with Crippen LogP contribution >= 0.6 is 23.1 Å². The molecule has 10 heteroatoms. The van der Waals surface area contributed by atoms with Crippen LogP contribution in [0.5, 0.6) is 5.75 Å². The van der Waals surface area contributed by atoms with Crippen LogP contribution in [-0.4, -0.2) is 51.4 Å². The highest BCUT2D eigenvalue weighted by atomic mass is 32.2. The minimum Gasteiger partial charge on any atom is -0.484 e. The number of carbonyl (C=O) groups is 3. The number of nitrogens with one attached hydrogen (secondary N) is 1. The summed E-state index contributed by atoms with van der Waals surface area (Å²) in [5.41, 5.74) is 5.11. The molecule has 0 saturated carbocycles. The van der Waals surface area contributed by atoms with Crippen molar-refractivity contribution in [2.45, 2.75) is 24.4 Å². The first-order valence-corrected chi connectivity index (χ1v) is 16.0. The van der Waals surface area contributed by atoms with Crippen LogP contribution in [0.4, 0.5) is 0 Å². The van der Waals surface area contributed by atoms with Gasteiger partial charge in [0.2, 0.25) is 0 Å². The molecule has 4 aromatic rings. The van der Waals surface area contributed by atoms with E-state index in [-0.39, 0.29) is 18.2 Å². The third-order valence-electron chi connectivity index (χ3n) is 7.27. The molecule has 1 unspecified atom stereocenters. The average molecular weight is 624 g/mol. The number of ether oxygens (including phenoxy) is 2. The number of carbonyl (C=O) groups excluding carboxylic acids is 3. The van der Waals surface area contributed by atoms with E-state index in [1.54, 1.807) is 17.6 Å². The third-order valence-corrected chi connectivity index (χ3v) is 9.47. The summed E-state index contributed by atoms with van der Waals surface area (Å²) in [5, 5.41) is 2.33. The molecule has 8 nitrogen and oxygen atoms in total. The maximum atomic E-state index is 14.1. The lowest BCUT2D eigenvalue weighted by Crippen LogP contribution is -2.70. The number of allylic oxidation sites excluding steroid dienone is 1. The van der Waals surface area contributed by atoms with Gasteiger partial charge in [0.05, 0.1) is 11.2 Å². The minimum absolute atomic E-state index is 0.181. The summed E-state index contributed by atoms with van der Waals surface area (Å²) in [6, 6.07) is 27.2. The topological polar surface area (TPSA) is 97.8 Å². The number of nitrogens with zero attached hydrogens (tertiary/aromatic N) is 2. The molecule has 0 radical (unpaired) electrons. The number of thiazole rings is 1. The Bertz CT molecular complexity index is 1670. The van der Waals surface area contributed by atoms with E-state index in [9.17, 15) is 14.4 Å². The maximum Gasteiger partial charge on any atom is 0.356 e. The van der Waals surface area contributed by atoms with Gasteiger partial charge < -0.3 is 14.8 Å². The number of aryl methyl sites for hydroxylation is 1. The van der Waals surface area contributed by atoms with Crippen molar-refractivity contribution in [2.24, 2.45) is 0 Å². The van der Waals surface area contributed by atoms with Crippen LogP contribution in [0, 0.1) is 6.92 Å². The summed E-state index contributed by atoms with van der Waals surface area (Å²) in [6.07, 6.45) is 3.08. The summed E-state index contributed by atoms with van der Waals surface area (Å²) in [4.78, 5) is 47.1. The first-order valence-electron chi connectivity index (χ1n) is 14.0. The van der Waals surface area contributed by atoms with Gasteiger partial charge >= 0.3 is 5.97 Å². The van der Waals surface area contributed by atoms with Crippen molar-refractivity contribution in [2.75, 3.05) is 12.4 Å². The van der Waals surface area contributed by atoms with E-state index in [0.29, 0.717) is 17.1 Å². The molecule has 0 spiro atoms. The predicted molar refractivity (Wildman–Crippen MR) is 171 cm³/mol. The van der Waals surface area contributed by atoms with E-state index in [4.69, 9.17) is 9.47 Å². The van der Waals surface area contributed by atoms with Crippen molar-refractivity contribution >= 4 is 47.0 Å². The van der Waals surface area contributed by atoms with Gasteiger partial charge in [0.1, 0.15) is 22.9 Å². The average Bonchev–Trinajstić information content (AvgIpc) is 3.49. The summed E-state index contributed by atoms with van der Waals surface area (Å²) in [6.45, 7) is 1.69. The van der Waals surface area contributed by atoms with Crippen LogP contribution in [0.2, 0.25) is 0 Å². The Kier molecular flexibility index (Phi) is 8.90. The molecule has 0 aliphatic carbocycles. The maximum absolute atomic E-state index is 14.1. The van der Waals surface area contributed by atoms with E-state index in [0.717, 1.165) is 21.7 Å². The monoisotopic (exact) mass is 623 g/mol. The molecule has 3 aromatic carbocycles. The molecule has 6 rings (SSSR count). The number of esters is 1. The van der Waals surface area contributed by atoms with Gasteiger partial charge in [-0.2, -0.15) is 0 Å². The fourth-order valence-corrected chi connectivity index (χ4v) is 7.05. The smallest absolute Gasteiger partial charge is 0.356 e. The Morgan fingerprint density at radius 1 is 0.977 bits per heavy atom. The number of para-hydroxylation sites is 1. The van der Waals surface area contributed by atoms with Crippen molar-refractivity contribution in [1.82, 2.24) is 15.2 Å². The van der Waals surface area contributed by atoms with Gasteiger partial charge in [0.25, 0.3) is 11.8 Å². The second kappa shape index (κ2) is 13.3. The fourth-order valence-electron chi connectivity index (χ4n) is 5.04. The molecule has 1 aromatic heterocycles. The van der Waals surface area contributed by atoms with E-state index < -0.39 is 29.4 Å². The van der Waals surface area contributed by atoms with Crippen molar-refractivity contribution in [3.8, 4) is 5.75 Å². The van der Waals surface area contributed by atoms with E-state index in [1.165, 1.54) is 28.0 Å². The summed E-state index contributed by atoms with van der Waals surface area (Å²) >= 11 is 2.98. The number of hydrogen-bond donors (Lipinski definition) is 1. The van der Waals surface area contributed by atoms with Crippen LogP contribution in [0.25, 0.3) is 6.08 Å². The Hall–Kier alpha value is -4.67. The highest BCUT2D eigenvalue weighted by Gasteiger charge is 2.54. The lowest BCUT2D eigenvalue weighted by atomic mass is 10.0. The van der Waals surface area contributed by atoms with Crippen LogP contribution in [0.1, 0.15) is 27.8 Å². The largest absolute Gasteiger partial charge is 0.484 e. The molecule has 2 amide bonds. The number of hydrogen-bond acceptors (Lipinski definition) is 8. The van der Waals surface area contributed by atoms with Crippen LogP contribution in [-0.2, 0) is 19.1 Å². The number of amides is 2. The highest BCUT2D eigenvalue weighted by molar-refractivity contribution is 8.00. The van der Waals surface area contributed by atoms with Crippen molar-refractivity contribution in [1.29, 1.82) is 0 Å². The zero-order valence-electron chi connectivity index (χ0n) is 23.8. The first kappa shape index (κ1) is 29.4. The lowest BCUT2D eigenvalue weighted by Gasteiger charge is -2.49. The van der Waals surface area contributed by atoms with Crippen LogP contribution in [0.15, 0.2) is 114 Å². The minimum atomic E-state index is -0.789. The quantitative estimate of drug-likeness (QED) is 0.183. The summed E-state index contributed by atoms with van der Waals surface area (Å²) < 4.78 is 11.8. The van der Waals surface area contributed by atoms with E-state index >= 15 is 0 Å². The summed E-state index contributed by atoms with van der Waals surface area (Å²) in [7, 11) is 0. The van der Waals surface area contributed by atoms with E-state index in [1.807, 2.05) is 97.9 Å². The molecule has 1 fully saturated rings. The highest BCUT2D eigenvalue weighted by Crippen LogP contribution is 2.42. The fraction of sp³-hybridized carbons (Fsp3) is 0.176. The molecular weight excluding hydrogens is 595 g/mol.